The molecule has 0 atom stereocenters. The van der Waals surface area contributed by atoms with Crippen molar-refractivity contribution in [2.24, 2.45) is 4.99 Å². The molecular weight excluding hydrogens is 384 g/mol. The Kier molecular flexibility index (Phi) is 5.48. The fraction of sp³-hybridized carbons (Fsp3) is 0.409. The van der Waals surface area contributed by atoms with Gasteiger partial charge in [0.25, 0.3) is 5.56 Å². The van der Waals surface area contributed by atoms with Crippen LogP contribution in [0.4, 0.5) is 0 Å². The smallest absolute Gasteiger partial charge is 0.341 e. The minimum atomic E-state index is -0.610. The van der Waals surface area contributed by atoms with E-state index < -0.39 is 11.9 Å². The second-order valence-electron chi connectivity index (χ2n) is 7.48. The number of esters is 1. The molecule has 0 aromatic carbocycles. The maximum atomic E-state index is 13.2. The van der Waals surface area contributed by atoms with Crippen molar-refractivity contribution in [3.05, 3.63) is 51.9 Å². The van der Waals surface area contributed by atoms with E-state index in [0.29, 0.717) is 16.7 Å². The van der Waals surface area contributed by atoms with E-state index >= 15 is 0 Å². The van der Waals surface area contributed by atoms with Crippen molar-refractivity contribution in [1.82, 2.24) is 14.0 Å². The van der Waals surface area contributed by atoms with Crippen LogP contribution in [0.25, 0.3) is 16.7 Å². The van der Waals surface area contributed by atoms with Gasteiger partial charge in [-0.2, -0.15) is 4.99 Å². The first-order valence-corrected chi connectivity index (χ1v) is 10.3. The Hall–Kier alpha value is -3.29. The predicted molar refractivity (Wildman–Crippen MR) is 111 cm³/mol. The molecule has 156 valence electrons. The minimum absolute atomic E-state index is 0.00760. The molecule has 1 aliphatic rings. The Morgan fingerprint density at radius 3 is 2.70 bits per heavy atom. The summed E-state index contributed by atoms with van der Waals surface area (Å²) >= 11 is 0. The molecule has 30 heavy (non-hydrogen) atoms. The van der Waals surface area contributed by atoms with E-state index in [-0.39, 0.29) is 29.3 Å². The van der Waals surface area contributed by atoms with Crippen LogP contribution in [0.2, 0.25) is 0 Å². The summed E-state index contributed by atoms with van der Waals surface area (Å²) in [6.07, 6.45) is 6.55. The molecular formula is C22H24N4O4. The Bertz CT molecular complexity index is 1270. The van der Waals surface area contributed by atoms with E-state index in [1.54, 1.807) is 25.3 Å². The molecule has 3 aromatic rings. The zero-order valence-electron chi connectivity index (χ0n) is 17.1. The first-order chi connectivity index (χ1) is 14.5. The van der Waals surface area contributed by atoms with Crippen LogP contribution in [0.3, 0.4) is 0 Å². The summed E-state index contributed by atoms with van der Waals surface area (Å²) in [6, 6.07) is 6.78. The van der Waals surface area contributed by atoms with Gasteiger partial charge in [-0.05, 0) is 38.0 Å². The number of fused-ring (bicyclic) bond motifs is 2. The van der Waals surface area contributed by atoms with Crippen molar-refractivity contribution in [2.75, 3.05) is 6.61 Å². The van der Waals surface area contributed by atoms with Crippen molar-refractivity contribution in [3.8, 4) is 0 Å². The quantitative estimate of drug-likeness (QED) is 0.491. The molecule has 1 amide bonds. The number of rotatable bonds is 3. The van der Waals surface area contributed by atoms with Crippen molar-refractivity contribution in [3.63, 3.8) is 0 Å². The SMILES string of the molecule is CCOC(=O)c1cc2c(=O)n3ccccc3nc2n(C2CCCCC2)c1=NC(C)=O. The minimum Gasteiger partial charge on any atom is -0.462 e. The summed E-state index contributed by atoms with van der Waals surface area (Å²) in [6.45, 7) is 3.22. The maximum Gasteiger partial charge on any atom is 0.341 e. The highest BCUT2D eigenvalue weighted by Gasteiger charge is 2.25. The van der Waals surface area contributed by atoms with Gasteiger partial charge in [0.15, 0.2) is 5.49 Å². The number of aromatic nitrogens is 3. The normalized spacial score (nSPS) is 15.6. The predicted octanol–water partition coefficient (Wildman–Crippen LogP) is 2.78. The molecule has 4 rings (SSSR count). The molecule has 3 aromatic heterocycles. The van der Waals surface area contributed by atoms with Crippen LogP contribution in [0.1, 0.15) is 62.4 Å². The van der Waals surface area contributed by atoms with Gasteiger partial charge >= 0.3 is 5.97 Å². The lowest BCUT2D eigenvalue weighted by molar-refractivity contribution is -0.116. The number of pyridine rings is 2. The van der Waals surface area contributed by atoms with Crippen molar-refractivity contribution in [2.45, 2.75) is 52.0 Å². The Morgan fingerprint density at radius 1 is 1.23 bits per heavy atom. The van der Waals surface area contributed by atoms with Gasteiger partial charge in [0.05, 0.1) is 12.0 Å². The van der Waals surface area contributed by atoms with Gasteiger partial charge in [-0.3, -0.25) is 14.0 Å². The standard InChI is InChI=1S/C22H24N4O4/c1-3-30-22(29)17-13-16-19(24-18-11-7-8-12-25(18)21(16)28)26(20(17)23-14(2)27)15-9-5-4-6-10-15/h7-8,11-13,15H,3-6,9-10H2,1-2H3. The molecule has 8 heteroatoms. The average Bonchev–Trinajstić information content (AvgIpc) is 2.74. The van der Waals surface area contributed by atoms with Gasteiger partial charge in [0.2, 0.25) is 5.91 Å². The molecule has 0 bridgehead atoms. The number of nitrogens with zero attached hydrogens (tertiary/aromatic N) is 4. The summed E-state index contributed by atoms with van der Waals surface area (Å²) < 4.78 is 8.48. The fourth-order valence-electron chi connectivity index (χ4n) is 4.15. The highest BCUT2D eigenvalue weighted by molar-refractivity contribution is 5.93. The lowest BCUT2D eigenvalue weighted by Crippen LogP contribution is -2.35. The van der Waals surface area contributed by atoms with Crippen molar-refractivity contribution < 1.29 is 14.3 Å². The largest absolute Gasteiger partial charge is 0.462 e. The molecule has 3 heterocycles. The topological polar surface area (TPSA) is 95.0 Å². The van der Waals surface area contributed by atoms with E-state index in [1.165, 1.54) is 17.4 Å². The lowest BCUT2D eigenvalue weighted by Gasteiger charge is -2.26. The Morgan fingerprint density at radius 2 is 2.00 bits per heavy atom. The second-order valence-corrected chi connectivity index (χ2v) is 7.48. The van der Waals surface area contributed by atoms with Crippen LogP contribution >= 0.6 is 0 Å². The molecule has 0 spiro atoms. The molecule has 1 fully saturated rings. The van der Waals surface area contributed by atoms with Crippen LogP contribution in [0, 0.1) is 0 Å². The average molecular weight is 408 g/mol. The van der Waals surface area contributed by atoms with Gasteiger partial charge in [-0.1, -0.05) is 25.3 Å². The van der Waals surface area contributed by atoms with Crippen molar-refractivity contribution >= 4 is 28.6 Å². The van der Waals surface area contributed by atoms with Crippen molar-refractivity contribution in [1.29, 1.82) is 0 Å². The molecule has 0 unspecified atom stereocenters. The summed E-state index contributed by atoms with van der Waals surface area (Å²) in [5.41, 5.74) is 0.982. The number of amides is 1. The van der Waals surface area contributed by atoms with E-state index in [9.17, 15) is 14.4 Å². The summed E-state index contributed by atoms with van der Waals surface area (Å²) in [4.78, 5) is 46.9. The Labute approximate surface area is 172 Å². The summed E-state index contributed by atoms with van der Waals surface area (Å²) in [5.74, 6) is -1.04. The highest BCUT2D eigenvalue weighted by atomic mass is 16.5. The van der Waals surface area contributed by atoms with Gasteiger partial charge in [-0.25, -0.2) is 9.78 Å². The van der Waals surface area contributed by atoms with Crippen LogP contribution in [0.15, 0.2) is 40.2 Å². The molecule has 1 aliphatic carbocycles. The summed E-state index contributed by atoms with van der Waals surface area (Å²) in [7, 11) is 0. The van der Waals surface area contributed by atoms with Gasteiger partial charge in [0.1, 0.15) is 16.9 Å². The van der Waals surface area contributed by atoms with E-state index in [2.05, 4.69) is 4.99 Å². The number of hydrogen-bond acceptors (Lipinski definition) is 5. The number of carbonyl (C=O) groups excluding carboxylic acids is 2. The fourth-order valence-corrected chi connectivity index (χ4v) is 4.15. The van der Waals surface area contributed by atoms with Crippen LogP contribution in [-0.4, -0.2) is 32.4 Å². The van der Waals surface area contributed by atoms with E-state index in [0.717, 1.165) is 32.1 Å². The molecule has 1 saturated carbocycles. The zero-order chi connectivity index (χ0) is 21.3. The molecule has 0 saturated heterocycles. The third-order valence-electron chi connectivity index (χ3n) is 5.43. The third kappa shape index (κ3) is 3.53. The van der Waals surface area contributed by atoms with Gasteiger partial charge in [-0.15, -0.1) is 0 Å². The molecule has 0 aliphatic heterocycles. The van der Waals surface area contributed by atoms with Crippen LogP contribution in [0.5, 0.6) is 0 Å². The number of carbonyl (C=O) groups is 2. The van der Waals surface area contributed by atoms with Crippen LogP contribution in [-0.2, 0) is 9.53 Å². The number of hydrogen-bond donors (Lipinski definition) is 0. The maximum absolute atomic E-state index is 13.2. The Balaban J connectivity index is 2.19. The first-order valence-electron chi connectivity index (χ1n) is 10.3. The summed E-state index contributed by atoms with van der Waals surface area (Å²) in [5, 5.41) is 0.301. The first kappa shape index (κ1) is 20.0. The van der Waals surface area contributed by atoms with Gasteiger partial charge < -0.3 is 9.30 Å². The van der Waals surface area contributed by atoms with E-state index in [4.69, 9.17) is 9.72 Å². The number of ether oxygens (including phenoxy) is 1. The molecule has 0 radical (unpaired) electrons. The second kappa shape index (κ2) is 8.22. The zero-order valence-corrected chi connectivity index (χ0v) is 17.1. The van der Waals surface area contributed by atoms with E-state index in [1.807, 2.05) is 10.6 Å². The molecule has 0 N–H and O–H groups in total. The third-order valence-corrected chi connectivity index (χ3v) is 5.43. The lowest BCUT2D eigenvalue weighted by atomic mass is 9.94. The molecule has 8 nitrogen and oxygen atoms in total. The monoisotopic (exact) mass is 408 g/mol. The van der Waals surface area contributed by atoms with Gasteiger partial charge in [0, 0.05) is 19.2 Å². The highest BCUT2D eigenvalue weighted by Crippen LogP contribution is 2.29. The van der Waals surface area contributed by atoms with Crippen LogP contribution < -0.4 is 11.0 Å².